The molecule has 4 heteroatoms. The van der Waals surface area contributed by atoms with Crippen molar-refractivity contribution in [1.82, 2.24) is 0 Å². The average molecular weight is 649 g/mol. The van der Waals surface area contributed by atoms with E-state index in [0.717, 1.165) is 6.42 Å². The van der Waals surface area contributed by atoms with E-state index >= 15 is 0 Å². The Balaban J connectivity index is 1.31. The van der Waals surface area contributed by atoms with E-state index in [2.05, 4.69) is 85.3 Å². The molecule has 0 atom stereocenters. The van der Waals surface area contributed by atoms with Gasteiger partial charge < -0.3 is 0 Å². The molecule has 3 aliphatic carbocycles. The fourth-order valence-electron chi connectivity index (χ4n) is 10.7. The fourth-order valence-corrected chi connectivity index (χ4v) is 14.9. The quantitative estimate of drug-likeness (QED) is 0.177. The first-order valence-electron chi connectivity index (χ1n) is 16.8. The van der Waals surface area contributed by atoms with Crippen molar-refractivity contribution in [3.05, 3.63) is 93.0 Å². The van der Waals surface area contributed by atoms with Crippen LogP contribution in [0.4, 0.5) is 0 Å². The molecule has 1 spiro atoms. The molecule has 4 aliphatic rings. The van der Waals surface area contributed by atoms with Crippen LogP contribution in [0.3, 0.4) is 0 Å². The van der Waals surface area contributed by atoms with Gasteiger partial charge in [0.2, 0.25) is 0 Å². The Morgan fingerprint density at radius 1 is 0.682 bits per heavy atom. The summed E-state index contributed by atoms with van der Waals surface area (Å²) < 4.78 is 2.86. The van der Waals surface area contributed by atoms with Crippen LogP contribution in [0.2, 0.25) is 0 Å². The number of fused-ring (bicyclic) bond motifs is 5. The first-order chi connectivity index (χ1) is 21.6. The van der Waals surface area contributed by atoms with Crippen molar-refractivity contribution in [3.8, 4) is 21.6 Å². The van der Waals surface area contributed by atoms with Gasteiger partial charge in [0.1, 0.15) is 0 Å². The smallest absolute Gasteiger partial charge is 0.0457 e. The van der Waals surface area contributed by atoms with E-state index in [1.807, 2.05) is 45.8 Å². The van der Waals surface area contributed by atoms with Crippen LogP contribution < -0.4 is 0 Å². The molecular formula is C40H40S4. The van der Waals surface area contributed by atoms with Crippen LogP contribution in [0, 0.1) is 10.8 Å². The number of hydrogen-bond acceptors (Lipinski definition) is 4. The van der Waals surface area contributed by atoms with Crippen molar-refractivity contribution in [3.63, 3.8) is 0 Å². The van der Waals surface area contributed by atoms with Gasteiger partial charge in [0, 0.05) is 40.8 Å². The zero-order valence-corrected chi connectivity index (χ0v) is 29.1. The SMILES string of the molecule is CCCC12CCCC(CCC)(CCC1)C21c2cc(C3=CCc4sccc4S3)ccc2-c2ccc(-c3cc4sccc4s3)cc21. The summed E-state index contributed by atoms with van der Waals surface area (Å²) in [5.41, 5.74) is 10.1. The molecule has 44 heavy (non-hydrogen) atoms. The molecule has 9 rings (SSSR count). The number of thiophene rings is 3. The van der Waals surface area contributed by atoms with Gasteiger partial charge in [-0.3, -0.25) is 0 Å². The Labute approximate surface area is 278 Å². The Kier molecular flexibility index (Phi) is 6.69. The molecule has 2 bridgehead atoms. The maximum Gasteiger partial charge on any atom is 0.0457 e. The average Bonchev–Trinajstić information content (AvgIpc) is 3.81. The van der Waals surface area contributed by atoms with Crippen molar-refractivity contribution < 1.29 is 0 Å². The van der Waals surface area contributed by atoms with Gasteiger partial charge in [-0.1, -0.05) is 81.6 Å². The minimum atomic E-state index is 0.0846. The van der Waals surface area contributed by atoms with Crippen LogP contribution >= 0.6 is 45.8 Å². The lowest BCUT2D eigenvalue weighted by Gasteiger charge is -2.67. The van der Waals surface area contributed by atoms with E-state index in [4.69, 9.17) is 0 Å². The molecule has 0 saturated heterocycles. The van der Waals surface area contributed by atoms with Gasteiger partial charge in [0.25, 0.3) is 0 Å². The monoisotopic (exact) mass is 648 g/mol. The van der Waals surface area contributed by atoms with Crippen LogP contribution in [-0.4, -0.2) is 0 Å². The highest BCUT2D eigenvalue weighted by molar-refractivity contribution is 8.08. The predicted molar refractivity (Wildman–Crippen MR) is 196 cm³/mol. The van der Waals surface area contributed by atoms with Crippen LogP contribution in [-0.2, 0) is 11.8 Å². The second-order valence-electron chi connectivity index (χ2n) is 13.9. The molecule has 2 saturated carbocycles. The molecule has 0 radical (unpaired) electrons. The lowest BCUT2D eigenvalue weighted by atomic mass is 9.36. The third-order valence-electron chi connectivity index (χ3n) is 11.9. The molecule has 5 aromatic rings. The zero-order valence-electron chi connectivity index (χ0n) is 25.8. The lowest BCUT2D eigenvalue weighted by Crippen LogP contribution is -2.62. The first kappa shape index (κ1) is 28.1. The highest BCUT2D eigenvalue weighted by Gasteiger charge is 2.69. The predicted octanol–water partition coefficient (Wildman–Crippen LogP) is 13.6. The topological polar surface area (TPSA) is 0 Å². The molecule has 0 N–H and O–H groups in total. The Morgan fingerprint density at radius 2 is 1.34 bits per heavy atom. The molecule has 2 aromatic carbocycles. The maximum absolute atomic E-state index is 2.72. The van der Waals surface area contributed by atoms with Crippen LogP contribution in [0.5, 0.6) is 0 Å². The molecule has 4 heterocycles. The number of allylic oxidation sites excluding steroid dienone is 1. The summed E-state index contributed by atoms with van der Waals surface area (Å²) >= 11 is 7.77. The van der Waals surface area contributed by atoms with Crippen molar-refractivity contribution in [1.29, 1.82) is 0 Å². The summed E-state index contributed by atoms with van der Waals surface area (Å²) in [5.74, 6) is 0. The van der Waals surface area contributed by atoms with Crippen LogP contribution in [0.1, 0.15) is 99.6 Å². The molecule has 0 nitrogen and oxygen atoms in total. The second kappa shape index (κ2) is 10.5. The van der Waals surface area contributed by atoms with Crippen LogP contribution in [0.25, 0.3) is 35.9 Å². The summed E-state index contributed by atoms with van der Waals surface area (Å²) in [7, 11) is 0. The summed E-state index contributed by atoms with van der Waals surface area (Å²) in [4.78, 5) is 5.88. The standard InChI is InChI=1S/C40H40S4/c1-3-15-38-17-5-19-39(16-4-2,20-6-18-38)40(38)30-23-26(32-11-12-33-34(43-32)13-21-41-33)7-9-28(30)29-10-8-27(24-31(29)40)36-25-37-35(44-36)14-22-42-37/h7-11,13-14,21-25H,3-6,12,15-20H2,1-2H3. The minimum Gasteiger partial charge on any atom is -0.147 e. The van der Waals surface area contributed by atoms with Gasteiger partial charge in [0.15, 0.2) is 0 Å². The first-order valence-corrected chi connectivity index (χ1v) is 20.2. The molecular weight excluding hydrogens is 609 g/mol. The fraction of sp³-hybridized carbons (Fsp3) is 0.400. The van der Waals surface area contributed by atoms with Gasteiger partial charge >= 0.3 is 0 Å². The second-order valence-corrected chi connectivity index (χ2v) is 18.0. The number of benzene rings is 2. The highest BCUT2D eigenvalue weighted by Crippen LogP contribution is 2.76. The third kappa shape index (κ3) is 3.75. The molecule has 0 unspecified atom stereocenters. The summed E-state index contributed by atoms with van der Waals surface area (Å²) in [6, 6.07) is 22.5. The third-order valence-corrected chi connectivity index (χ3v) is 16.4. The van der Waals surface area contributed by atoms with Gasteiger partial charge in [-0.2, -0.15) is 0 Å². The Bertz CT molecular complexity index is 1850. The van der Waals surface area contributed by atoms with E-state index in [9.17, 15) is 0 Å². The van der Waals surface area contributed by atoms with Crippen LogP contribution in [0.15, 0.2) is 76.3 Å². The molecule has 1 aliphatic heterocycles. The number of rotatable bonds is 6. The van der Waals surface area contributed by atoms with E-state index in [0.29, 0.717) is 10.8 Å². The van der Waals surface area contributed by atoms with E-state index in [-0.39, 0.29) is 5.41 Å². The number of thioether (sulfide) groups is 1. The normalized spacial score (nSPS) is 26.9. The lowest BCUT2D eigenvalue weighted by molar-refractivity contribution is -0.0949. The summed E-state index contributed by atoms with van der Waals surface area (Å²) in [6.07, 6.45) is 17.1. The van der Waals surface area contributed by atoms with Gasteiger partial charge in [-0.05, 0) is 124 Å². The summed E-state index contributed by atoms with van der Waals surface area (Å²) in [6.45, 7) is 4.91. The zero-order chi connectivity index (χ0) is 29.5. The largest absolute Gasteiger partial charge is 0.147 e. The highest BCUT2D eigenvalue weighted by atomic mass is 32.2. The molecule has 3 aromatic heterocycles. The van der Waals surface area contributed by atoms with E-state index in [1.165, 1.54) is 115 Å². The Hall–Kier alpha value is -2.11. The van der Waals surface area contributed by atoms with E-state index < -0.39 is 0 Å². The van der Waals surface area contributed by atoms with Crippen molar-refractivity contribution in [2.45, 2.75) is 94.8 Å². The van der Waals surface area contributed by atoms with Gasteiger partial charge in [0.05, 0.1) is 0 Å². The summed E-state index contributed by atoms with van der Waals surface area (Å²) in [5, 5.41) is 4.51. The minimum absolute atomic E-state index is 0.0846. The molecule has 2 fully saturated rings. The van der Waals surface area contributed by atoms with Crippen molar-refractivity contribution in [2.75, 3.05) is 0 Å². The molecule has 0 amide bonds. The van der Waals surface area contributed by atoms with E-state index in [1.54, 1.807) is 11.1 Å². The van der Waals surface area contributed by atoms with Crippen molar-refractivity contribution in [2.24, 2.45) is 10.8 Å². The number of hydrogen-bond donors (Lipinski definition) is 0. The Morgan fingerprint density at radius 3 is 2.02 bits per heavy atom. The van der Waals surface area contributed by atoms with Crippen molar-refractivity contribution >= 4 is 60.1 Å². The maximum atomic E-state index is 2.72. The van der Waals surface area contributed by atoms with Gasteiger partial charge in [-0.15, -0.1) is 34.0 Å². The van der Waals surface area contributed by atoms with Gasteiger partial charge in [-0.25, -0.2) is 0 Å². The molecule has 224 valence electrons.